The summed E-state index contributed by atoms with van der Waals surface area (Å²) in [7, 11) is 3.32. The Morgan fingerprint density at radius 3 is 2.68 bits per heavy atom. The lowest BCUT2D eigenvalue weighted by atomic mass is 10.1. The standard InChI is InChI=1S/C16H20N4O2/c1-21-15-12(4-3-7-17-15)10-20-8-5-13-14(6-9-20)18-11-19-16(13)22-2/h3-4,7,11H,5-6,8-10H2,1-2H3. The summed E-state index contributed by atoms with van der Waals surface area (Å²) >= 11 is 0. The van der Waals surface area contributed by atoms with E-state index in [1.807, 2.05) is 6.07 Å². The van der Waals surface area contributed by atoms with Gasteiger partial charge in [0.05, 0.1) is 19.9 Å². The molecule has 0 saturated carbocycles. The van der Waals surface area contributed by atoms with Crippen molar-refractivity contribution in [2.75, 3.05) is 27.3 Å². The molecule has 3 heterocycles. The lowest BCUT2D eigenvalue weighted by molar-refractivity contribution is 0.271. The Kier molecular flexibility index (Phi) is 4.48. The first kappa shape index (κ1) is 14.7. The first-order valence-corrected chi connectivity index (χ1v) is 7.38. The molecule has 0 atom stereocenters. The number of rotatable bonds is 4. The molecule has 1 aliphatic rings. The van der Waals surface area contributed by atoms with Gasteiger partial charge in [0.25, 0.3) is 0 Å². The average Bonchev–Trinajstić information content (AvgIpc) is 2.78. The van der Waals surface area contributed by atoms with E-state index in [2.05, 4.69) is 25.9 Å². The zero-order valence-electron chi connectivity index (χ0n) is 13.0. The molecule has 0 saturated heterocycles. The SMILES string of the molecule is COc1ncccc1CN1CCc2ncnc(OC)c2CC1. The zero-order valence-corrected chi connectivity index (χ0v) is 13.0. The van der Waals surface area contributed by atoms with Crippen LogP contribution in [0.2, 0.25) is 0 Å². The first-order valence-electron chi connectivity index (χ1n) is 7.38. The Morgan fingerprint density at radius 1 is 1.05 bits per heavy atom. The van der Waals surface area contributed by atoms with E-state index in [1.165, 1.54) is 0 Å². The number of methoxy groups -OCH3 is 2. The van der Waals surface area contributed by atoms with Crippen molar-refractivity contribution in [2.45, 2.75) is 19.4 Å². The number of pyridine rings is 1. The maximum atomic E-state index is 5.36. The van der Waals surface area contributed by atoms with Crippen LogP contribution in [0.15, 0.2) is 24.7 Å². The molecular weight excluding hydrogens is 280 g/mol. The average molecular weight is 300 g/mol. The van der Waals surface area contributed by atoms with Crippen LogP contribution in [0.25, 0.3) is 0 Å². The highest BCUT2D eigenvalue weighted by Gasteiger charge is 2.20. The number of nitrogens with zero attached hydrogens (tertiary/aromatic N) is 4. The number of hydrogen-bond acceptors (Lipinski definition) is 6. The molecule has 0 aliphatic carbocycles. The van der Waals surface area contributed by atoms with Crippen LogP contribution < -0.4 is 9.47 Å². The fourth-order valence-corrected chi connectivity index (χ4v) is 2.85. The smallest absolute Gasteiger partial charge is 0.219 e. The van der Waals surface area contributed by atoms with Crippen LogP contribution in [0.3, 0.4) is 0 Å². The summed E-state index contributed by atoms with van der Waals surface area (Å²) in [6.07, 6.45) is 5.12. The van der Waals surface area contributed by atoms with E-state index < -0.39 is 0 Å². The maximum Gasteiger partial charge on any atom is 0.219 e. The van der Waals surface area contributed by atoms with E-state index in [9.17, 15) is 0 Å². The van der Waals surface area contributed by atoms with Gasteiger partial charge in [0.15, 0.2) is 0 Å². The fraction of sp³-hybridized carbons (Fsp3) is 0.438. The third kappa shape index (κ3) is 3.01. The number of fused-ring (bicyclic) bond motifs is 1. The lowest BCUT2D eigenvalue weighted by Crippen LogP contribution is -2.26. The summed E-state index contributed by atoms with van der Waals surface area (Å²) in [6.45, 7) is 2.71. The van der Waals surface area contributed by atoms with Gasteiger partial charge in [-0.3, -0.25) is 4.90 Å². The van der Waals surface area contributed by atoms with Crippen molar-refractivity contribution in [3.8, 4) is 11.8 Å². The predicted octanol–water partition coefficient (Wildman–Crippen LogP) is 1.49. The van der Waals surface area contributed by atoms with Gasteiger partial charge in [0.2, 0.25) is 11.8 Å². The molecule has 6 nitrogen and oxygen atoms in total. The molecule has 2 aromatic heterocycles. The normalized spacial score (nSPS) is 15.0. The predicted molar refractivity (Wildman–Crippen MR) is 82.1 cm³/mol. The molecule has 0 fully saturated rings. The van der Waals surface area contributed by atoms with Crippen molar-refractivity contribution in [3.63, 3.8) is 0 Å². The second kappa shape index (κ2) is 6.70. The summed E-state index contributed by atoms with van der Waals surface area (Å²) in [5, 5.41) is 0. The monoisotopic (exact) mass is 300 g/mol. The summed E-state index contributed by atoms with van der Waals surface area (Å²) < 4.78 is 10.7. The van der Waals surface area contributed by atoms with Gasteiger partial charge >= 0.3 is 0 Å². The van der Waals surface area contributed by atoms with E-state index in [0.717, 1.165) is 49.3 Å². The Balaban J connectivity index is 1.74. The van der Waals surface area contributed by atoms with Gasteiger partial charge in [-0.05, 0) is 12.5 Å². The van der Waals surface area contributed by atoms with Crippen molar-refractivity contribution >= 4 is 0 Å². The van der Waals surface area contributed by atoms with Gasteiger partial charge in [-0.1, -0.05) is 6.07 Å². The molecule has 3 rings (SSSR count). The highest BCUT2D eigenvalue weighted by Crippen LogP contribution is 2.23. The van der Waals surface area contributed by atoms with E-state index >= 15 is 0 Å². The second-order valence-electron chi connectivity index (χ2n) is 5.26. The van der Waals surface area contributed by atoms with Crippen LogP contribution in [0.5, 0.6) is 11.8 Å². The van der Waals surface area contributed by atoms with Gasteiger partial charge in [0.1, 0.15) is 6.33 Å². The van der Waals surface area contributed by atoms with Gasteiger partial charge < -0.3 is 9.47 Å². The second-order valence-corrected chi connectivity index (χ2v) is 5.26. The maximum absolute atomic E-state index is 5.36. The minimum atomic E-state index is 0.696. The van der Waals surface area contributed by atoms with E-state index in [4.69, 9.17) is 9.47 Å². The minimum Gasteiger partial charge on any atom is -0.481 e. The Morgan fingerprint density at radius 2 is 1.86 bits per heavy atom. The molecule has 0 aromatic carbocycles. The Hall–Kier alpha value is -2.21. The van der Waals surface area contributed by atoms with Gasteiger partial charge in [-0.15, -0.1) is 0 Å². The van der Waals surface area contributed by atoms with Crippen molar-refractivity contribution in [3.05, 3.63) is 41.5 Å². The van der Waals surface area contributed by atoms with Crippen LogP contribution in [-0.2, 0) is 19.4 Å². The third-order valence-corrected chi connectivity index (χ3v) is 3.97. The Bertz CT molecular complexity index is 648. The van der Waals surface area contributed by atoms with Crippen molar-refractivity contribution in [2.24, 2.45) is 0 Å². The molecule has 1 aliphatic heterocycles. The molecule has 0 radical (unpaired) electrons. The quantitative estimate of drug-likeness (QED) is 0.852. The molecule has 0 bridgehead atoms. The summed E-state index contributed by atoms with van der Waals surface area (Å²) in [5.41, 5.74) is 3.33. The molecule has 0 amide bonds. The topological polar surface area (TPSA) is 60.4 Å². The summed E-state index contributed by atoms with van der Waals surface area (Å²) in [6, 6.07) is 4.00. The molecular formula is C16H20N4O2. The molecule has 0 spiro atoms. The molecule has 0 unspecified atom stereocenters. The largest absolute Gasteiger partial charge is 0.481 e. The molecule has 22 heavy (non-hydrogen) atoms. The fourth-order valence-electron chi connectivity index (χ4n) is 2.85. The van der Waals surface area contributed by atoms with Crippen LogP contribution in [0, 0.1) is 0 Å². The zero-order chi connectivity index (χ0) is 15.4. The highest BCUT2D eigenvalue weighted by atomic mass is 16.5. The number of hydrogen-bond donors (Lipinski definition) is 0. The lowest BCUT2D eigenvalue weighted by Gasteiger charge is -2.20. The molecule has 0 N–H and O–H groups in total. The van der Waals surface area contributed by atoms with E-state index in [1.54, 1.807) is 26.7 Å². The van der Waals surface area contributed by atoms with Crippen molar-refractivity contribution in [1.29, 1.82) is 0 Å². The summed E-state index contributed by atoms with van der Waals surface area (Å²) in [5.74, 6) is 1.40. The van der Waals surface area contributed by atoms with Gasteiger partial charge in [-0.25, -0.2) is 15.0 Å². The Labute approximate surface area is 130 Å². The van der Waals surface area contributed by atoms with Gasteiger partial charge in [-0.2, -0.15) is 0 Å². The van der Waals surface area contributed by atoms with Gasteiger partial charge in [0, 0.05) is 43.4 Å². The van der Waals surface area contributed by atoms with E-state index in [-0.39, 0.29) is 0 Å². The third-order valence-electron chi connectivity index (χ3n) is 3.97. The molecule has 2 aromatic rings. The minimum absolute atomic E-state index is 0.696. The summed E-state index contributed by atoms with van der Waals surface area (Å²) in [4.78, 5) is 15.3. The first-order chi connectivity index (χ1) is 10.8. The van der Waals surface area contributed by atoms with Crippen LogP contribution in [0.1, 0.15) is 16.8 Å². The number of aromatic nitrogens is 3. The van der Waals surface area contributed by atoms with Crippen LogP contribution >= 0.6 is 0 Å². The van der Waals surface area contributed by atoms with Crippen LogP contribution in [-0.4, -0.2) is 47.2 Å². The van der Waals surface area contributed by atoms with Crippen LogP contribution in [0.4, 0.5) is 0 Å². The van der Waals surface area contributed by atoms with E-state index in [0.29, 0.717) is 11.8 Å². The molecule has 6 heteroatoms. The molecule has 116 valence electrons. The van der Waals surface area contributed by atoms with Crippen molar-refractivity contribution < 1.29 is 9.47 Å². The van der Waals surface area contributed by atoms with Crippen molar-refractivity contribution in [1.82, 2.24) is 19.9 Å². The highest BCUT2D eigenvalue weighted by molar-refractivity contribution is 5.31. The number of ether oxygens (including phenoxy) is 2.